The van der Waals surface area contributed by atoms with Crippen LogP contribution in [0.1, 0.15) is 27.0 Å². The molecule has 0 amide bonds. The first-order valence-electron chi connectivity index (χ1n) is 6.34. The van der Waals surface area contributed by atoms with Crippen molar-refractivity contribution in [1.82, 2.24) is 0 Å². The lowest BCUT2D eigenvalue weighted by atomic mass is 10.1. The Bertz CT molecular complexity index is 650. The van der Waals surface area contributed by atoms with Gasteiger partial charge >= 0.3 is 5.97 Å². The van der Waals surface area contributed by atoms with E-state index in [1.807, 2.05) is 25.1 Å². The van der Waals surface area contributed by atoms with Crippen molar-refractivity contribution >= 4 is 11.7 Å². The predicted octanol–water partition coefficient (Wildman–Crippen LogP) is 3.32. The van der Waals surface area contributed by atoms with Crippen molar-refractivity contribution in [2.75, 3.05) is 5.32 Å². The zero-order valence-electron chi connectivity index (χ0n) is 11.5. The first kappa shape index (κ1) is 13.9. The molecule has 0 unspecified atom stereocenters. The standard InChI is InChI=1S/C16H17NO3/c1-10-6-7-15(18)12(8-10)9-17-14-5-3-4-13(11(14)2)16(19)20/h3-8,17-18H,9H2,1-2H3,(H,19,20). The average Bonchev–Trinajstić information content (AvgIpc) is 2.41. The number of phenolic OH excluding ortho intramolecular Hbond substituents is 1. The molecular weight excluding hydrogens is 254 g/mol. The number of aromatic carboxylic acids is 1. The number of hydrogen-bond acceptors (Lipinski definition) is 3. The molecule has 0 heterocycles. The van der Waals surface area contributed by atoms with Gasteiger partial charge in [-0.15, -0.1) is 0 Å². The Kier molecular flexibility index (Phi) is 3.94. The van der Waals surface area contributed by atoms with E-state index in [9.17, 15) is 9.90 Å². The molecule has 0 aliphatic rings. The number of carboxylic acids is 1. The summed E-state index contributed by atoms with van der Waals surface area (Å²) in [5.74, 6) is -0.709. The Balaban J connectivity index is 2.21. The maximum absolute atomic E-state index is 11.1. The third-order valence-electron chi connectivity index (χ3n) is 3.27. The van der Waals surface area contributed by atoms with Crippen LogP contribution >= 0.6 is 0 Å². The second-order valence-electron chi connectivity index (χ2n) is 4.77. The van der Waals surface area contributed by atoms with Crippen molar-refractivity contribution in [3.8, 4) is 5.75 Å². The van der Waals surface area contributed by atoms with Gasteiger partial charge in [-0.05, 0) is 37.6 Å². The molecule has 0 fully saturated rings. The zero-order valence-corrected chi connectivity index (χ0v) is 11.5. The van der Waals surface area contributed by atoms with Crippen LogP contribution in [0.5, 0.6) is 5.75 Å². The third kappa shape index (κ3) is 2.91. The van der Waals surface area contributed by atoms with Crippen molar-refractivity contribution in [2.24, 2.45) is 0 Å². The van der Waals surface area contributed by atoms with E-state index in [0.29, 0.717) is 12.1 Å². The smallest absolute Gasteiger partial charge is 0.336 e. The monoisotopic (exact) mass is 271 g/mol. The summed E-state index contributed by atoms with van der Waals surface area (Å²) in [6.07, 6.45) is 0. The van der Waals surface area contributed by atoms with Crippen LogP contribution in [0.3, 0.4) is 0 Å². The van der Waals surface area contributed by atoms with Crippen LogP contribution in [0.2, 0.25) is 0 Å². The van der Waals surface area contributed by atoms with E-state index in [0.717, 1.165) is 16.8 Å². The van der Waals surface area contributed by atoms with Crippen LogP contribution in [0.25, 0.3) is 0 Å². The molecule has 2 aromatic carbocycles. The minimum absolute atomic E-state index is 0.232. The number of carboxylic acid groups (broad SMARTS) is 1. The Morgan fingerprint density at radius 3 is 2.65 bits per heavy atom. The van der Waals surface area contributed by atoms with Crippen LogP contribution in [-0.2, 0) is 6.54 Å². The number of anilines is 1. The molecule has 0 aliphatic heterocycles. The zero-order chi connectivity index (χ0) is 14.7. The highest BCUT2D eigenvalue weighted by Gasteiger charge is 2.10. The van der Waals surface area contributed by atoms with Crippen molar-refractivity contribution in [3.63, 3.8) is 0 Å². The minimum atomic E-state index is -0.940. The van der Waals surface area contributed by atoms with Gasteiger partial charge in [0.25, 0.3) is 0 Å². The quantitative estimate of drug-likeness (QED) is 0.798. The summed E-state index contributed by atoms with van der Waals surface area (Å²) in [5, 5.41) is 22.0. The summed E-state index contributed by atoms with van der Waals surface area (Å²) in [6.45, 7) is 4.17. The highest BCUT2D eigenvalue weighted by atomic mass is 16.4. The van der Waals surface area contributed by atoms with Gasteiger partial charge in [0.15, 0.2) is 0 Å². The van der Waals surface area contributed by atoms with E-state index in [4.69, 9.17) is 5.11 Å². The Morgan fingerprint density at radius 2 is 1.95 bits per heavy atom. The van der Waals surface area contributed by atoms with Crippen molar-refractivity contribution in [1.29, 1.82) is 0 Å². The lowest BCUT2D eigenvalue weighted by Crippen LogP contribution is -2.06. The molecule has 0 aliphatic carbocycles. The van der Waals surface area contributed by atoms with Gasteiger partial charge < -0.3 is 15.5 Å². The molecule has 0 aromatic heterocycles. The summed E-state index contributed by atoms with van der Waals surface area (Å²) in [4.78, 5) is 11.1. The molecule has 0 spiro atoms. The molecular formula is C16H17NO3. The number of nitrogens with one attached hydrogen (secondary N) is 1. The highest BCUT2D eigenvalue weighted by Crippen LogP contribution is 2.23. The number of carbonyl (C=O) groups is 1. The summed E-state index contributed by atoms with van der Waals surface area (Å²) < 4.78 is 0. The lowest BCUT2D eigenvalue weighted by Gasteiger charge is -2.12. The molecule has 0 saturated heterocycles. The first-order chi connectivity index (χ1) is 9.49. The fraction of sp³-hybridized carbons (Fsp3) is 0.188. The number of phenols is 1. The molecule has 4 heteroatoms. The minimum Gasteiger partial charge on any atom is -0.508 e. The van der Waals surface area contributed by atoms with Crippen LogP contribution in [0.15, 0.2) is 36.4 Å². The number of hydrogen-bond donors (Lipinski definition) is 3. The molecule has 2 rings (SSSR count). The summed E-state index contributed by atoms with van der Waals surface area (Å²) in [5.41, 5.74) is 3.57. The molecule has 0 saturated carbocycles. The summed E-state index contributed by atoms with van der Waals surface area (Å²) in [6, 6.07) is 10.5. The molecule has 20 heavy (non-hydrogen) atoms. The van der Waals surface area contributed by atoms with Crippen molar-refractivity contribution < 1.29 is 15.0 Å². The van der Waals surface area contributed by atoms with Gasteiger partial charge in [-0.2, -0.15) is 0 Å². The van der Waals surface area contributed by atoms with E-state index in [-0.39, 0.29) is 11.3 Å². The van der Waals surface area contributed by atoms with E-state index >= 15 is 0 Å². The number of rotatable bonds is 4. The van der Waals surface area contributed by atoms with Crippen molar-refractivity contribution in [2.45, 2.75) is 20.4 Å². The van der Waals surface area contributed by atoms with Gasteiger partial charge in [-0.25, -0.2) is 4.79 Å². The molecule has 0 atom stereocenters. The maximum atomic E-state index is 11.1. The molecule has 0 bridgehead atoms. The van der Waals surface area contributed by atoms with Crippen LogP contribution < -0.4 is 5.32 Å². The average molecular weight is 271 g/mol. The molecule has 2 aromatic rings. The second kappa shape index (κ2) is 5.65. The lowest BCUT2D eigenvalue weighted by molar-refractivity contribution is 0.0696. The van der Waals surface area contributed by atoms with Crippen LogP contribution in [0.4, 0.5) is 5.69 Å². The van der Waals surface area contributed by atoms with E-state index in [2.05, 4.69) is 5.32 Å². The van der Waals surface area contributed by atoms with E-state index in [1.54, 1.807) is 25.1 Å². The van der Waals surface area contributed by atoms with E-state index in [1.165, 1.54) is 0 Å². The molecule has 0 radical (unpaired) electrons. The second-order valence-corrected chi connectivity index (χ2v) is 4.77. The normalized spacial score (nSPS) is 10.3. The maximum Gasteiger partial charge on any atom is 0.336 e. The van der Waals surface area contributed by atoms with Gasteiger partial charge in [0.1, 0.15) is 5.75 Å². The number of aryl methyl sites for hydroxylation is 1. The number of benzene rings is 2. The third-order valence-corrected chi connectivity index (χ3v) is 3.27. The van der Waals surface area contributed by atoms with Gasteiger partial charge in [-0.3, -0.25) is 0 Å². The molecule has 3 N–H and O–H groups in total. The van der Waals surface area contributed by atoms with Crippen molar-refractivity contribution in [3.05, 3.63) is 58.7 Å². The van der Waals surface area contributed by atoms with Gasteiger partial charge in [0.05, 0.1) is 5.56 Å². The Hall–Kier alpha value is -2.49. The summed E-state index contributed by atoms with van der Waals surface area (Å²) >= 11 is 0. The molecule has 104 valence electrons. The largest absolute Gasteiger partial charge is 0.508 e. The summed E-state index contributed by atoms with van der Waals surface area (Å²) in [7, 11) is 0. The topological polar surface area (TPSA) is 69.6 Å². The molecule has 4 nitrogen and oxygen atoms in total. The fourth-order valence-corrected chi connectivity index (χ4v) is 2.11. The predicted molar refractivity (Wildman–Crippen MR) is 78.3 cm³/mol. The van der Waals surface area contributed by atoms with Gasteiger partial charge in [-0.1, -0.05) is 23.8 Å². The number of aromatic hydroxyl groups is 1. The van der Waals surface area contributed by atoms with Gasteiger partial charge in [0.2, 0.25) is 0 Å². The Labute approximate surface area is 117 Å². The fourth-order valence-electron chi connectivity index (χ4n) is 2.11. The van der Waals surface area contributed by atoms with E-state index < -0.39 is 5.97 Å². The van der Waals surface area contributed by atoms with Gasteiger partial charge in [0, 0.05) is 17.8 Å². The SMILES string of the molecule is Cc1ccc(O)c(CNc2cccc(C(=O)O)c2C)c1. The van der Waals surface area contributed by atoms with Crippen LogP contribution in [-0.4, -0.2) is 16.2 Å². The first-order valence-corrected chi connectivity index (χ1v) is 6.34. The highest BCUT2D eigenvalue weighted by molar-refractivity contribution is 5.91. The van der Waals surface area contributed by atoms with Crippen LogP contribution in [0, 0.1) is 13.8 Å². The Morgan fingerprint density at radius 1 is 1.20 bits per heavy atom.